The summed E-state index contributed by atoms with van der Waals surface area (Å²) in [6, 6.07) is 11.9. The average molecular weight is 357 g/mol. The number of carboxylic acid groups (broad SMARTS) is 1. The Bertz CT molecular complexity index is 786. The molecule has 0 aliphatic rings. The lowest BCUT2D eigenvalue weighted by atomic mass is 10.1. The number of benzene rings is 2. The van der Waals surface area contributed by atoms with E-state index in [1.807, 2.05) is 38.1 Å². The van der Waals surface area contributed by atoms with Crippen LogP contribution < -0.4 is 14.8 Å². The van der Waals surface area contributed by atoms with Crippen LogP contribution in [0.4, 0.5) is 5.69 Å². The number of hydrogen-bond donors (Lipinski definition) is 2. The van der Waals surface area contributed by atoms with E-state index in [9.17, 15) is 9.59 Å². The maximum absolute atomic E-state index is 12.3. The lowest BCUT2D eigenvalue weighted by Crippen LogP contribution is -2.15. The molecule has 2 aromatic carbocycles. The summed E-state index contributed by atoms with van der Waals surface area (Å²) in [5, 5.41) is 11.9. The van der Waals surface area contributed by atoms with Crippen LogP contribution in [0.5, 0.6) is 11.5 Å². The topological polar surface area (TPSA) is 84.9 Å². The van der Waals surface area contributed by atoms with Crippen molar-refractivity contribution < 1.29 is 24.2 Å². The molecule has 2 aromatic rings. The van der Waals surface area contributed by atoms with E-state index < -0.39 is 5.97 Å². The van der Waals surface area contributed by atoms with Gasteiger partial charge in [0.2, 0.25) is 5.91 Å². The third-order valence-corrected chi connectivity index (χ3v) is 3.64. The molecule has 1 amide bonds. The van der Waals surface area contributed by atoms with Crippen molar-refractivity contribution in [3.05, 3.63) is 53.6 Å². The molecule has 0 fully saturated rings. The lowest BCUT2D eigenvalue weighted by molar-refractivity contribution is -0.116. The van der Waals surface area contributed by atoms with Gasteiger partial charge in [-0.2, -0.15) is 0 Å². The van der Waals surface area contributed by atoms with E-state index in [0.717, 1.165) is 11.3 Å². The van der Waals surface area contributed by atoms with Gasteiger partial charge in [-0.1, -0.05) is 12.1 Å². The molecular weight excluding hydrogens is 334 g/mol. The Morgan fingerprint density at radius 1 is 1.15 bits per heavy atom. The van der Waals surface area contributed by atoms with Crippen LogP contribution in [0.1, 0.15) is 36.2 Å². The molecular formula is C20H23NO5. The van der Waals surface area contributed by atoms with Gasteiger partial charge < -0.3 is 19.9 Å². The van der Waals surface area contributed by atoms with E-state index in [1.165, 1.54) is 12.1 Å². The first kappa shape index (κ1) is 19.3. The SMILES string of the molecule is COc1cccc(CCC(=O)Nc2cc(C(=O)O)ccc2OC(C)C)c1. The number of nitrogens with one attached hydrogen (secondary N) is 1. The number of carbonyl (C=O) groups is 2. The first-order chi connectivity index (χ1) is 12.4. The first-order valence-corrected chi connectivity index (χ1v) is 8.36. The second kappa shape index (κ2) is 8.89. The Balaban J connectivity index is 2.08. The van der Waals surface area contributed by atoms with E-state index in [0.29, 0.717) is 17.9 Å². The van der Waals surface area contributed by atoms with Crippen LogP contribution in [0, 0.1) is 0 Å². The smallest absolute Gasteiger partial charge is 0.335 e. The second-order valence-corrected chi connectivity index (χ2v) is 6.08. The number of amides is 1. The van der Waals surface area contributed by atoms with Crippen molar-refractivity contribution in [1.82, 2.24) is 0 Å². The summed E-state index contributed by atoms with van der Waals surface area (Å²) in [5.41, 5.74) is 1.43. The van der Waals surface area contributed by atoms with Gasteiger partial charge in [-0.3, -0.25) is 4.79 Å². The van der Waals surface area contributed by atoms with Crippen molar-refractivity contribution in [2.75, 3.05) is 12.4 Å². The van der Waals surface area contributed by atoms with Gasteiger partial charge in [0.15, 0.2) is 0 Å². The molecule has 0 unspecified atom stereocenters. The zero-order valence-corrected chi connectivity index (χ0v) is 15.1. The standard InChI is InChI=1S/C20H23NO5/c1-13(2)26-18-9-8-15(20(23)24)12-17(18)21-19(22)10-7-14-5-4-6-16(11-14)25-3/h4-6,8-9,11-13H,7,10H2,1-3H3,(H,21,22)(H,23,24). The molecule has 0 saturated heterocycles. The molecule has 0 saturated carbocycles. The van der Waals surface area contributed by atoms with Gasteiger partial charge in [0.05, 0.1) is 24.5 Å². The molecule has 26 heavy (non-hydrogen) atoms. The summed E-state index contributed by atoms with van der Waals surface area (Å²) in [6.45, 7) is 3.72. The zero-order valence-electron chi connectivity index (χ0n) is 15.1. The third kappa shape index (κ3) is 5.51. The molecule has 138 valence electrons. The minimum atomic E-state index is -1.06. The molecule has 2 rings (SSSR count). The third-order valence-electron chi connectivity index (χ3n) is 3.64. The number of ether oxygens (including phenoxy) is 2. The van der Waals surface area contributed by atoms with Crippen molar-refractivity contribution in [3.8, 4) is 11.5 Å². The van der Waals surface area contributed by atoms with Gasteiger partial charge in [0, 0.05) is 6.42 Å². The summed E-state index contributed by atoms with van der Waals surface area (Å²) in [7, 11) is 1.59. The predicted molar refractivity (Wildman–Crippen MR) is 99.1 cm³/mol. The van der Waals surface area contributed by atoms with Gasteiger partial charge >= 0.3 is 5.97 Å². The van der Waals surface area contributed by atoms with Crippen molar-refractivity contribution >= 4 is 17.6 Å². The van der Waals surface area contributed by atoms with Crippen LogP contribution in [-0.4, -0.2) is 30.2 Å². The maximum atomic E-state index is 12.3. The Labute approximate surface area is 152 Å². The van der Waals surface area contributed by atoms with Crippen molar-refractivity contribution in [1.29, 1.82) is 0 Å². The quantitative estimate of drug-likeness (QED) is 0.751. The minimum absolute atomic E-state index is 0.0872. The first-order valence-electron chi connectivity index (χ1n) is 8.36. The Morgan fingerprint density at radius 3 is 2.58 bits per heavy atom. The van der Waals surface area contributed by atoms with E-state index in [2.05, 4.69) is 5.32 Å². The maximum Gasteiger partial charge on any atom is 0.335 e. The molecule has 6 heteroatoms. The molecule has 0 heterocycles. The van der Waals surface area contributed by atoms with Crippen molar-refractivity contribution in [3.63, 3.8) is 0 Å². The number of carbonyl (C=O) groups excluding carboxylic acids is 1. The summed E-state index contributed by atoms with van der Waals surface area (Å²) < 4.78 is 10.8. The summed E-state index contributed by atoms with van der Waals surface area (Å²) in [4.78, 5) is 23.5. The van der Waals surface area contributed by atoms with Crippen LogP contribution in [0.25, 0.3) is 0 Å². The van der Waals surface area contributed by atoms with Crippen LogP contribution in [0.2, 0.25) is 0 Å². The zero-order chi connectivity index (χ0) is 19.1. The number of aromatic carboxylic acids is 1. The largest absolute Gasteiger partial charge is 0.497 e. The minimum Gasteiger partial charge on any atom is -0.497 e. The van der Waals surface area contributed by atoms with Crippen LogP contribution >= 0.6 is 0 Å². The van der Waals surface area contributed by atoms with E-state index >= 15 is 0 Å². The summed E-state index contributed by atoms with van der Waals surface area (Å²) in [6.07, 6.45) is 0.700. The molecule has 2 N–H and O–H groups in total. The summed E-state index contributed by atoms with van der Waals surface area (Å²) >= 11 is 0. The highest BCUT2D eigenvalue weighted by atomic mass is 16.5. The summed E-state index contributed by atoms with van der Waals surface area (Å²) in [5.74, 6) is -0.0960. The number of anilines is 1. The van der Waals surface area contributed by atoms with Gasteiger partial charge in [0.25, 0.3) is 0 Å². The fourth-order valence-corrected chi connectivity index (χ4v) is 2.42. The van der Waals surface area contributed by atoms with Gasteiger partial charge in [-0.25, -0.2) is 4.79 Å². The van der Waals surface area contributed by atoms with Crippen molar-refractivity contribution in [2.24, 2.45) is 0 Å². The highest BCUT2D eigenvalue weighted by Gasteiger charge is 2.13. The Kier molecular flexibility index (Phi) is 6.60. The highest BCUT2D eigenvalue weighted by molar-refractivity contribution is 5.95. The van der Waals surface area contributed by atoms with E-state index in [4.69, 9.17) is 14.6 Å². The monoisotopic (exact) mass is 357 g/mol. The number of carboxylic acids is 1. The van der Waals surface area contributed by atoms with Crippen LogP contribution in [0.15, 0.2) is 42.5 Å². The Morgan fingerprint density at radius 2 is 1.92 bits per heavy atom. The van der Waals surface area contributed by atoms with Crippen molar-refractivity contribution in [2.45, 2.75) is 32.8 Å². The fourth-order valence-electron chi connectivity index (χ4n) is 2.42. The fraction of sp³-hybridized carbons (Fsp3) is 0.300. The van der Waals surface area contributed by atoms with Gasteiger partial charge in [-0.15, -0.1) is 0 Å². The number of rotatable bonds is 8. The Hall–Kier alpha value is -3.02. The normalized spacial score (nSPS) is 10.5. The molecule has 0 bridgehead atoms. The number of methoxy groups -OCH3 is 1. The number of aryl methyl sites for hydroxylation is 1. The van der Waals surface area contributed by atoms with E-state index in [1.54, 1.807) is 13.2 Å². The van der Waals surface area contributed by atoms with Crippen LogP contribution in [0.3, 0.4) is 0 Å². The highest BCUT2D eigenvalue weighted by Crippen LogP contribution is 2.27. The average Bonchev–Trinajstić information content (AvgIpc) is 2.61. The second-order valence-electron chi connectivity index (χ2n) is 6.08. The van der Waals surface area contributed by atoms with Gasteiger partial charge in [0.1, 0.15) is 11.5 Å². The molecule has 0 atom stereocenters. The molecule has 0 spiro atoms. The molecule has 6 nitrogen and oxygen atoms in total. The lowest BCUT2D eigenvalue weighted by Gasteiger charge is -2.15. The molecule has 0 radical (unpaired) electrons. The molecule has 0 aliphatic carbocycles. The molecule has 0 aromatic heterocycles. The van der Waals surface area contributed by atoms with E-state index in [-0.39, 0.29) is 24.0 Å². The predicted octanol–water partition coefficient (Wildman–Crippen LogP) is 3.75. The molecule has 0 aliphatic heterocycles. The number of hydrogen-bond acceptors (Lipinski definition) is 4. The van der Waals surface area contributed by atoms with Gasteiger partial charge in [-0.05, 0) is 56.2 Å². The van der Waals surface area contributed by atoms with Crippen LogP contribution in [-0.2, 0) is 11.2 Å².